The summed E-state index contributed by atoms with van der Waals surface area (Å²) < 4.78 is 2.21. The number of anilines is 1. The topological polar surface area (TPSA) is 43.8 Å². The number of rotatable bonds is 5. The summed E-state index contributed by atoms with van der Waals surface area (Å²) in [7, 11) is 0. The molecule has 3 nitrogen and oxygen atoms in total. The molecule has 0 spiro atoms. The Kier molecular flexibility index (Phi) is 4.71. The number of nitrogen functional groups attached to an aromatic ring is 1. The second-order valence-electron chi connectivity index (χ2n) is 6.68. The van der Waals surface area contributed by atoms with Gasteiger partial charge in [0.25, 0.3) is 0 Å². The number of unbranched alkanes of at least 4 members (excludes halogenated alkanes) is 1. The van der Waals surface area contributed by atoms with Crippen molar-refractivity contribution in [3.05, 3.63) is 47.4 Å². The van der Waals surface area contributed by atoms with E-state index in [4.69, 9.17) is 10.7 Å². The molecule has 114 valence electrons. The number of benzene rings is 1. The highest BCUT2D eigenvalue weighted by Crippen LogP contribution is 2.27. The van der Waals surface area contributed by atoms with Crippen LogP contribution in [-0.4, -0.2) is 9.55 Å². The Balaban J connectivity index is 2.36. The van der Waals surface area contributed by atoms with E-state index in [0.717, 1.165) is 43.1 Å². The predicted molar refractivity (Wildman–Crippen MR) is 89.5 cm³/mol. The minimum Gasteiger partial charge on any atom is -0.384 e. The molecular formula is C18H27N3. The van der Waals surface area contributed by atoms with Gasteiger partial charge in [0.1, 0.15) is 11.6 Å². The summed E-state index contributed by atoms with van der Waals surface area (Å²) >= 11 is 0. The fraction of sp³-hybridized carbons (Fsp3) is 0.500. The third kappa shape index (κ3) is 3.66. The Labute approximate surface area is 128 Å². The first-order chi connectivity index (χ1) is 9.93. The molecular weight excluding hydrogens is 258 g/mol. The van der Waals surface area contributed by atoms with E-state index in [1.807, 2.05) is 6.07 Å². The van der Waals surface area contributed by atoms with Gasteiger partial charge in [-0.15, -0.1) is 0 Å². The summed E-state index contributed by atoms with van der Waals surface area (Å²) in [6.07, 6.45) is 3.10. The van der Waals surface area contributed by atoms with Crippen molar-refractivity contribution in [2.24, 2.45) is 0 Å². The van der Waals surface area contributed by atoms with Crippen molar-refractivity contribution in [1.82, 2.24) is 9.55 Å². The van der Waals surface area contributed by atoms with Crippen molar-refractivity contribution in [3.63, 3.8) is 0 Å². The van der Waals surface area contributed by atoms with E-state index in [9.17, 15) is 0 Å². The molecule has 0 unspecified atom stereocenters. The van der Waals surface area contributed by atoms with Crippen LogP contribution >= 0.6 is 0 Å². The van der Waals surface area contributed by atoms with Crippen molar-refractivity contribution < 1.29 is 0 Å². The van der Waals surface area contributed by atoms with Gasteiger partial charge < -0.3 is 10.3 Å². The Morgan fingerprint density at radius 1 is 1.14 bits per heavy atom. The molecule has 0 aliphatic rings. The van der Waals surface area contributed by atoms with Gasteiger partial charge in [0.2, 0.25) is 0 Å². The third-order valence-electron chi connectivity index (χ3n) is 3.70. The number of aromatic nitrogens is 2. The third-order valence-corrected chi connectivity index (χ3v) is 3.70. The van der Waals surface area contributed by atoms with E-state index < -0.39 is 0 Å². The maximum absolute atomic E-state index is 6.39. The Bertz CT molecular complexity index is 577. The van der Waals surface area contributed by atoms with E-state index in [2.05, 4.69) is 56.5 Å². The first kappa shape index (κ1) is 15.6. The molecule has 2 N–H and O–H groups in total. The van der Waals surface area contributed by atoms with Gasteiger partial charge in [-0.2, -0.15) is 0 Å². The normalized spacial score (nSPS) is 11.8. The molecule has 1 aromatic carbocycles. The molecule has 2 aromatic rings. The Morgan fingerprint density at radius 3 is 2.38 bits per heavy atom. The summed E-state index contributed by atoms with van der Waals surface area (Å²) in [5, 5.41) is 0. The SMILES string of the molecule is CCCCn1c(C(C)(C)C)nc(Cc2ccccc2)c1N. The van der Waals surface area contributed by atoms with Crippen LogP contribution in [0.15, 0.2) is 30.3 Å². The number of hydrogen-bond donors (Lipinski definition) is 1. The predicted octanol–water partition coefficient (Wildman–Crippen LogP) is 4.15. The Hall–Kier alpha value is -1.77. The zero-order valence-corrected chi connectivity index (χ0v) is 13.7. The second kappa shape index (κ2) is 6.33. The summed E-state index contributed by atoms with van der Waals surface area (Å²) in [5.41, 5.74) is 8.66. The van der Waals surface area contributed by atoms with E-state index in [1.165, 1.54) is 5.56 Å². The van der Waals surface area contributed by atoms with Crippen molar-refractivity contribution in [1.29, 1.82) is 0 Å². The van der Waals surface area contributed by atoms with E-state index in [0.29, 0.717) is 0 Å². The fourth-order valence-electron chi connectivity index (χ4n) is 2.55. The molecule has 0 fully saturated rings. The standard InChI is InChI=1S/C18H27N3/c1-5-6-12-21-16(19)15(20-17(21)18(2,3)4)13-14-10-8-7-9-11-14/h7-11H,5-6,12-13,19H2,1-4H3. The summed E-state index contributed by atoms with van der Waals surface area (Å²) in [5.74, 6) is 1.93. The van der Waals surface area contributed by atoms with Crippen LogP contribution in [0.4, 0.5) is 5.82 Å². The van der Waals surface area contributed by atoms with E-state index >= 15 is 0 Å². The number of hydrogen-bond acceptors (Lipinski definition) is 2. The zero-order chi connectivity index (χ0) is 15.5. The van der Waals surface area contributed by atoms with Gasteiger partial charge in [0.05, 0.1) is 5.69 Å². The molecule has 0 saturated carbocycles. The molecule has 1 aromatic heterocycles. The lowest BCUT2D eigenvalue weighted by Crippen LogP contribution is -2.20. The lowest BCUT2D eigenvalue weighted by molar-refractivity contribution is 0.491. The van der Waals surface area contributed by atoms with Gasteiger partial charge in [0.15, 0.2) is 0 Å². The molecule has 3 heteroatoms. The monoisotopic (exact) mass is 285 g/mol. The molecule has 0 amide bonds. The van der Waals surface area contributed by atoms with Crippen LogP contribution in [0.3, 0.4) is 0 Å². The average Bonchev–Trinajstić information content (AvgIpc) is 2.75. The highest BCUT2D eigenvalue weighted by molar-refractivity contribution is 5.42. The van der Waals surface area contributed by atoms with Gasteiger partial charge in [-0.05, 0) is 12.0 Å². The molecule has 0 bridgehead atoms. The van der Waals surface area contributed by atoms with E-state index in [1.54, 1.807) is 0 Å². The van der Waals surface area contributed by atoms with Crippen LogP contribution in [0.25, 0.3) is 0 Å². The van der Waals surface area contributed by atoms with Crippen molar-refractivity contribution in [2.75, 3.05) is 5.73 Å². The van der Waals surface area contributed by atoms with Crippen molar-refractivity contribution in [3.8, 4) is 0 Å². The smallest absolute Gasteiger partial charge is 0.127 e. The van der Waals surface area contributed by atoms with Crippen LogP contribution in [0, 0.1) is 0 Å². The van der Waals surface area contributed by atoms with Gasteiger partial charge in [-0.25, -0.2) is 4.98 Å². The molecule has 0 atom stereocenters. The molecule has 0 radical (unpaired) electrons. The van der Waals surface area contributed by atoms with E-state index in [-0.39, 0.29) is 5.41 Å². The summed E-state index contributed by atoms with van der Waals surface area (Å²) in [6, 6.07) is 10.4. The van der Waals surface area contributed by atoms with Crippen LogP contribution in [0.5, 0.6) is 0 Å². The lowest BCUT2D eigenvalue weighted by atomic mass is 9.95. The highest BCUT2D eigenvalue weighted by Gasteiger charge is 2.24. The molecule has 21 heavy (non-hydrogen) atoms. The number of nitrogens with zero attached hydrogens (tertiary/aromatic N) is 2. The average molecular weight is 285 g/mol. The molecule has 0 aliphatic carbocycles. The molecule has 0 saturated heterocycles. The first-order valence-electron chi connectivity index (χ1n) is 7.82. The Morgan fingerprint density at radius 2 is 1.81 bits per heavy atom. The minimum atomic E-state index is 0.0107. The van der Waals surface area contributed by atoms with Crippen LogP contribution < -0.4 is 5.73 Å². The number of nitrogens with two attached hydrogens (primary N) is 1. The van der Waals surface area contributed by atoms with Crippen LogP contribution in [-0.2, 0) is 18.4 Å². The minimum absolute atomic E-state index is 0.0107. The van der Waals surface area contributed by atoms with Crippen molar-refractivity contribution in [2.45, 2.75) is 58.9 Å². The molecule has 2 rings (SSSR count). The van der Waals surface area contributed by atoms with Crippen LogP contribution in [0.2, 0.25) is 0 Å². The maximum atomic E-state index is 6.39. The summed E-state index contributed by atoms with van der Waals surface area (Å²) in [4.78, 5) is 4.87. The van der Waals surface area contributed by atoms with Crippen LogP contribution in [0.1, 0.15) is 57.6 Å². The van der Waals surface area contributed by atoms with Crippen molar-refractivity contribution >= 4 is 5.82 Å². The fourth-order valence-corrected chi connectivity index (χ4v) is 2.55. The lowest BCUT2D eigenvalue weighted by Gasteiger charge is -2.20. The second-order valence-corrected chi connectivity index (χ2v) is 6.68. The first-order valence-corrected chi connectivity index (χ1v) is 7.82. The quantitative estimate of drug-likeness (QED) is 0.896. The largest absolute Gasteiger partial charge is 0.384 e. The van der Waals surface area contributed by atoms with Gasteiger partial charge >= 0.3 is 0 Å². The zero-order valence-electron chi connectivity index (χ0n) is 13.7. The summed E-state index contributed by atoms with van der Waals surface area (Å²) in [6.45, 7) is 9.75. The van der Waals surface area contributed by atoms with Gasteiger partial charge in [-0.1, -0.05) is 64.4 Å². The maximum Gasteiger partial charge on any atom is 0.127 e. The molecule has 0 aliphatic heterocycles. The molecule has 1 heterocycles. The van der Waals surface area contributed by atoms with Gasteiger partial charge in [-0.3, -0.25) is 0 Å². The van der Waals surface area contributed by atoms with Gasteiger partial charge in [0, 0.05) is 18.4 Å². The number of imidazole rings is 1. The highest BCUT2D eigenvalue weighted by atomic mass is 15.1.